The number of ether oxygens (including phenoxy) is 1. The number of esters is 1. The van der Waals surface area contributed by atoms with Crippen LogP contribution in [0.1, 0.15) is 11.1 Å². The van der Waals surface area contributed by atoms with Crippen LogP contribution in [0.3, 0.4) is 0 Å². The van der Waals surface area contributed by atoms with Gasteiger partial charge in [-0.05, 0) is 23.3 Å². The van der Waals surface area contributed by atoms with Gasteiger partial charge >= 0.3 is 5.97 Å². The first-order chi connectivity index (χ1) is 11.4. The average molecular weight is 349 g/mol. The maximum atomic E-state index is 14.0. The molecule has 0 fully saturated rings. The number of halogens is 1. The van der Waals surface area contributed by atoms with E-state index in [0.29, 0.717) is 0 Å². The molecule has 0 radical (unpaired) electrons. The molecule has 0 aromatic heterocycles. The molecular weight excluding hydrogens is 333 g/mol. The molecule has 0 spiro atoms. The molecule has 2 aromatic rings. The zero-order chi connectivity index (χ0) is 17.3. The third kappa shape index (κ3) is 2.81. The summed E-state index contributed by atoms with van der Waals surface area (Å²) >= 11 is 0. The molecule has 2 aromatic carbocycles. The van der Waals surface area contributed by atoms with E-state index in [-0.39, 0.29) is 13.0 Å². The molecule has 0 aliphatic carbocycles. The first-order valence-electron chi connectivity index (χ1n) is 7.36. The van der Waals surface area contributed by atoms with E-state index >= 15 is 0 Å². The fourth-order valence-corrected chi connectivity index (χ4v) is 4.49. The van der Waals surface area contributed by atoms with Gasteiger partial charge in [0.15, 0.2) is 0 Å². The molecule has 0 bridgehead atoms. The van der Waals surface area contributed by atoms with Crippen molar-refractivity contribution in [3.05, 3.63) is 65.5 Å². The van der Waals surface area contributed by atoms with Crippen LogP contribution in [0.2, 0.25) is 0 Å². The van der Waals surface area contributed by atoms with Gasteiger partial charge in [-0.25, -0.2) is 12.8 Å². The monoisotopic (exact) mass is 349 g/mol. The Morgan fingerprint density at radius 3 is 2.42 bits per heavy atom. The van der Waals surface area contributed by atoms with Crippen LogP contribution < -0.4 is 0 Å². The van der Waals surface area contributed by atoms with Crippen molar-refractivity contribution in [2.45, 2.75) is 23.9 Å². The van der Waals surface area contributed by atoms with Crippen molar-refractivity contribution < 1.29 is 22.3 Å². The minimum Gasteiger partial charge on any atom is -0.468 e. The molecule has 1 aliphatic heterocycles. The Balaban J connectivity index is 2.10. The lowest BCUT2D eigenvalue weighted by Gasteiger charge is -2.34. The zero-order valence-electron chi connectivity index (χ0n) is 13.0. The third-order valence-corrected chi connectivity index (χ3v) is 5.99. The van der Waals surface area contributed by atoms with Crippen molar-refractivity contribution in [3.63, 3.8) is 0 Å². The minimum absolute atomic E-state index is 0.00733. The van der Waals surface area contributed by atoms with E-state index in [9.17, 15) is 17.6 Å². The molecular formula is C17H16FNO4S. The summed E-state index contributed by atoms with van der Waals surface area (Å²) in [6.07, 6.45) is 0.191. The number of rotatable bonds is 3. The molecule has 0 unspecified atom stereocenters. The number of methoxy groups -OCH3 is 1. The molecule has 1 atom stereocenters. The predicted molar refractivity (Wildman–Crippen MR) is 85.1 cm³/mol. The van der Waals surface area contributed by atoms with Crippen LogP contribution in [0.15, 0.2) is 53.4 Å². The first kappa shape index (κ1) is 16.6. The molecule has 0 amide bonds. The highest BCUT2D eigenvalue weighted by Crippen LogP contribution is 2.30. The first-order valence-corrected chi connectivity index (χ1v) is 8.80. The topological polar surface area (TPSA) is 63.7 Å². The summed E-state index contributed by atoms with van der Waals surface area (Å²) in [4.78, 5) is 11.7. The fraction of sp³-hybridized carbons (Fsp3) is 0.235. The second-order valence-corrected chi connectivity index (χ2v) is 7.35. The van der Waals surface area contributed by atoms with Crippen molar-refractivity contribution >= 4 is 16.0 Å². The Kier molecular flexibility index (Phi) is 4.38. The number of hydrogen-bond acceptors (Lipinski definition) is 4. The van der Waals surface area contributed by atoms with Gasteiger partial charge in [-0.15, -0.1) is 0 Å². The SMILES string of the molecule is COC(=O)[C@@H]1Cc2ccccc2CN1S(=O)(=O)c1ccccc1F. The van der Waals surface area contributed by atoms with E-state index in [2.05, 4.69) is 0 Å². The van der Waals surface area contributed by atoms with Crippen LogP contribution in [-0.4, -0.2) is 31.8 Å². The van der Waals surface area contributed by atoms with Crippen molar-refractivity contribution in [1.29, 1.82) is 0 Å². The number of sulfonamides is 1. The number of fused-ring (bicyclic) bond motifs is 1. The quantitative estimate of drug-likeness (QED) is 0.796. The van der Waals surface area contributed by atoms with Gasteiger partial charge in [-0.3, -0.25) is 4.79 Å². The number of carbonyl (C=O) groups is 1. The van der Waals surface area contributed by atoms with Gasteiger partial charge in [0.2, 0.25) is 10.0 Å². The molecule has 0 N–H and O–H groups in total. The van der Waals surface area contributed by atoms with E-state index in [1.807, 2.05) is 12.1 Å². The molecule has 1 aliphatic rings. The van der Waals surface area contributed by atoms with E-state index in [1.165, 1.54) is 25.3 Å². The number of carbonyl (C=O) groups excluding carboxylic acids is 1. The summed E-state index contributed by atoms with van der Waals surface area (Å²) in [6, 6.07) is 11.4. The fourth-order valence-electron chi connectivity index (χ4n) is 2.87. The number of nitrogens with zero attached hydrogens (tertiary/aromatic N) is 1. The summed E-state index contributed by atoms with van der Waals surface area (Å²) in [6.45, 7) is -0.00733. The third-order valence-electron chi connectivity index (χ3n) is 4.10. The average Bonchev–Trinajstić information content (AvgIpc) is 2.60. The van der Waals surface area contributed by atoms with Gasteiger partial charge in [0.25, 0.3) is 0 Å². The van der Waals surface area contributed by atoms with Gasteiger partial charge in [0.05, 0.1) is 7.11 Å². The van der Waals surface area contributed by atoms with Gasteiger partial charge in [-0.1, -0.05) is 36.4 Å². The van der Waals surface area contributed by atoms with Crippen LogP contribution in [0.5, 0.6) is 0 Å². The Labute approximate surface area is 139 Å². The Morgan fingerprint density at radius 2 is 1.75 bits per heavy atom. The Bertz CT molecular complexity index is 882. The van der Waals surface area contributed by atoms with Crippen molar-refractivity contribution in [3.8, 4) is 0 Å². The highest BCUT2D eigenvalue weighted by Gasteiger charge is 2.41. The smallest absolute Gasteiger partial charge is 0.324 e. The summed E-state index contributed by atoms with van der Waals surface area (Å²) in [5.74, 6) is -1.51. The van der Waals surface area contributed by atoms with E-state index < -0.39 is 32.7 Å². The standard InChI is InChI=1S/C17H16FNO4S/c1-23-17(20)15-10-12-6-2-3-7-13(12)11-19(15)24(21,22)16-9-5-4-8-14(16)18/h2-9,15H,10-11H2,1H3/t15-/m0/s1. The highest BCUT2D eigenvalue weighted by molar-refractivity contribution is 7.89. The molecule has 0 saturated heterocycles. The molecule has 3 rings (SSSR count). The van der Waals surface area contributed by atoms with Gasteiger partial charge in [0, 0.05) is 13.0 Å². The second kappa shape index (κ2) is 6.33. The van der Waals surface area contributed by atoms with E-state index in [4.69, 9.17) is 4.74 Å². The van der Waals surface area contributed by atoms with Crippen LogP contribution in [0.4, 0.5) is 4.39 Å². The van der Waals surface area contributed by atoms with Crippen LogP contribution >= 0.6 is 0 Å². The van der Waals surface area contributed by atoms with Gasteiger partial charge < -0.3 is 4.74 Å². The maximum Gasteiger partial charge on any atom is 0.324 e. The molecule has 7 heteroatoms. The normalized spacial score (nSPS) is 18.0. The zero-order valence-corrected chi connectivity index (χ0v) is 13.8. The molecule has 126 valence electrons. The van der Waals surface area contributed by atoms with E-state index in [1.54, 1.807) is 12.1 Å². The van der Waals surface area contributed by atoms with Gasteiger partial charge in [0.1, 0.15) is 16.8 Å². The minimum atomic E-state index is -4.18. The number of hydrogen-bond donors (Lipinski definition) is 0. The Hall–Kier alpha value is -2.25. The van der Waals surface area contributed by atoms with Crippen molar-refractivity contribution in [2.24, 2.45) is 0 Å². The molecule has 24 heavy (non-hydrogen) atoms. The summed E-state index contributed by atoms with van der Waals surface area (Å²) in [5, 5.41) is 0. The van der Waals surface area contributed by atoms with Gasteiger partial charge in [-0.2, -0.15) is 4.31 Å². The lowest BCUT2D eigenvalue weighted by atomic mass is 9.96. The molecule has 1 heterocycles. The summed E-state index contributed by atoms with van der Waals surface area (Å²) < 4.78 is 45.6. The summed E-state index contributed by atoms with van der Waals surface area (Å²) in [7, 11) is -2.98. The van der Waals surface area contributed by atoms with Crippen LogP contribution in [0.25, 0.3) is 0 Å². The second-order valence-electron chi connectivity index (χ2n) is 5.49. The largest absolute Gasteiger partial charge is 0.468 e. The lowest BCUT2D eigenvalue weighted by Crippen LogP contribution is -2.49. The highest BCUT2D eigenvalue weighted by atomic mass is 32.2. The molecule has 5 nitrogen and oxygen atoms in total. The Morgan fingerprint density at radius 1 is 1.12 bits per heavy atom. The van der Waals surface area contributed by atoms with Crippen LogP contribution in [0, 0.1) is 5.82 Å². The van der Waals surface area contributed by atoms with Crippen molar-refractivity contribution in [2.75, 3.05) is 7.11 Å². The van der Waals surface area contributed by atoms with Crippen molar-refractivity contribution in [1.82, 2.24) is 4.31 Å². The van der Waals surface area contributed by atoms with E-state index in [0.717, 1.165) is 21.5 Å². The molecule has 0 saturated carbocycles. The lowest BCUT2D eigenvalue weighted by molar-refractivity contribution is -0.145. The predicted octanol–water partition coefficient (Wildman–Crippen LogP) is 2.11. The summed E-state index contributed by atoms with van der Waals surface area (Å²) in [5.41, 5.74) is 1.67. The maximum absolute atomic E-state index is 14.0. The van der Waals surface area contributed by atoms with Crippen LogP contribution in [-0.2, 0) is 32.5 Å². The number of benzene rings is 2.